The molecular weight excluding hydrogens is 236 g/mol. The van der Waals surface area contributed by atoms with Crippen molar-refractivity contribution in [3.63, 3.8) is 0 Å². The van der Waals surface area contributed by atoms with E-state index in [2.05, 4.69) is 0 Å². The zero-order chi connectivity index (χ0) is 13.7. The summed E-state index contributed by atoms with van der Waals surface area (Å²) in [4.78, 5) is 34.5. The Morgan fingerprint density at radius 2 is 2.06 bits per heavy atom. The van der Waals surface area contributed by atoms with Gasteiger partial charge in [-0.05, 0) is 12.1 Å². The van der Waals surface area contributed by atoms with E-state index in [0.717, 1.165) is 0 Å². The van der Waals surface area contributed by atoms with Gasteiger partial charge in [0, 0.05) is 19.0 Å². The fourth-order valence-corrected chi connectivity index (χ4v) is 1.47. The van der Waals surface area contributed by atoms with Crippen LogP contribution in [0.5, 0.6) is 0 Å². The number of carboxylic acid groups (broad SMARTS) is 1. The van der Waals surface area contributed by atoms with Crippen molar-refractivity contribution in [1.82, 2.24) is 0 Å². The number of nitrogens with two attached hydrogens (primary N) is 1. The third-order valence-electron chi connectivity index (χ3n) is 2.47. The van der Waals surface area contributed by atoms with Crippen LogP contribution >= 0.6 is 0 Å². The fourth-order valence-electron chi connectivity index (χ4n) is 1.47. The number of para-hydroxylation sites is 1. The number of Topliss-reactive ketones (excluding diaryl/α,β-unsaturated/α-hetero) is 1. The SMILES string of the molecule is CN(C=O)c1ccccc1C(=O)C[C@H](N)C(=O)O. The first kappa shape index (κ1) is 13.9. The maximum Gasteiger partial charge on any atom is 0.320 e. The number of amides is 1. The first-order valence-corrected chi connectivity index (χ1v) is 5.26. The second-order valence-electron chi connectivity index (χ2n) is 3.81. The van der Waals surface area contributed by atoms with Crippen molar-refractivity contribution < 1.29 is 19.5 Å². The van der Waals surface area contributed by atoms with Gasteiger partial charge in [0.25, 0.3) is 0 Å². The maximum atomic E-state index is 11.9. The molecule has 0 saturated carbocycles. The van der Waals surface area contributed by atoms with Crippen LogP contribution < -0.4 is 10.6 Å². The lowest BCUT2D eigenvalue weighted by atomic mass is 10.0. The normalized spacial score (nSPS) is 11.7. The van der Waals surface area contributed by atoms with Crippen molar-refractivity contribution >= 4 is 23.9 Å². The third-order valence-corrected chi connectivity index (χ3v) is 2.47. The van der Waals surface area contributed by atoms with Gasteiger partial charge in [-0.25, -0.2) is 0 Å². The van der Waals surface area contributed by atoms with E-state index >= 15 is 0 Å². The molecule has 1 aromatic rings. The zero-order valence-electron chi connectivity index (χ0n) is 9.87. The van der Waals surface area contributed by atoms with E-state index in [9.17, 15) is 14.4 Å². The lowest BCUT2D eigenvalue weighted by Crippen LogP contribution is -2.33. The minimum absolute atomic E-state index is 0.281. The van der Waals surface area contributed by atoms with Crippen LogP contribution in [0.1, 0.15) is 16.8 Å². The number of benzene rings is 1. The Hall–Kier alpha value is -2.21. The Balaban J connectivity index is 2.99. The number of aliphatic carboxylic acids is 1. The highest BCUT2D eigenvalue weighted by Crippen LogP contribution is 2.20. The Labute approximate surface area is 104 Å². The second-order valence-corrected chi connectivity index (χ2v) is 3.81. The fraction of sp³-hybridized carbons (Fsp3) is 0.250. The van der Waals surface area contributed by atoms with Gasteiger partial charge in [0.15, 0.2) is 5.78 Å². The van der Waals surface area contributed by atoms with E-state index in [1.54, 1.807) is 18.2 Å². The van der Waals surface area contributed by atoms with Gasteiger partial charge in [0.2, 0.25) is 6.41 Å². The predicted octanol–water partition coefficient (Wildman–Crippen LogP) is 0.264. The summed E-state index contributed by atoms with van der Waals surface area (Å²) in [6.07, 6.45) is 0.266. The Kier molecular flexibility index (Phi) is 4.56. The molecule has 0 radical (unpaired) electrons. The summed E-state index contributed by atoms with van der Waals surface area (Å²) < 4.78 is 0. The number of nitrogens with zero attached hydrogens (tertiary/aromatic N) is 1. The third kappa shape index (κ3) is 3.14. The van der Waals surface area contributed by atoms with Gasteiger partial charge in [-0.2, -0.15) is 0 Å². The van der Waals surface area contributed by atoms with Crippen LogP contribution in [-0.2, 0) is 9.59 Å². The summed E-state index contributed by atoms with van der Waals surface area (Å²) in [7, 11) is 1.51. The minimum atomic E-state index is -1.24. The molecule has 0 aliphatic rings. The van der Waals surface area contributed by atoms with Gasteiger partial charge in [-0.1, -0.05) is 12.1 Å². The predicted molar refractivity (Wildman–Crippen MR) is 65.5 cm³/mol. The number of hydrogen-bond acceptors (Lipinski definition) is 4. The van der Waals surface area contributed by atoms with Gasteiger partial charge in [-0.3, -0.25) is 14.4 Å². The highest BCUT2D eigenvalue weighted by Gasteiger charge is 2.20. The number of rotatable bonds is 6. The van der Waals surface area contributed by atoms with Gasteiger partial charge < -0.3 is 15.7 Å². The van der Waals surface area contributed by atoms with Crippen LogP contribution in [0.3, 0.4) is 0 Å². The van der Waals surface area contributed by atoms with Crippen molar-refractivity contribution in [2.75, 3.05) is 11.9 Å². The molecular formula is C12H14N2O4. The molecule has 1 amide bonds. The number of anilines is 1. The second kappa shape index (κ2) is 5.92. The molecule has 0 spiro atoms. The van der Waals surface area contributed by atoms with Crippen molar-refractivity contribution in [2.45, 2.75) is 12.5 Å². The standard InChI is InChI=1S/C12H14N2O4/c1-14(7-15)10-5-3-2-4-8(10)11(16)6-9(13)12(17)18/h2-5,7,9H,6,13H2,1H3,(H,17,18)/t9-/m0/s1. The van der Waals surface area contributed by atoms with Crippen LogP contribution in [-0.4, -0.2) is 36.4 Å². The first-order chi connectivity index (χ1) is 8.47. The molecule has 1 aromatic carbocycles. The van der Waals surface area contributed by atoms with Crippen molar-refractivity contribution in [3.8, 4) is 0 Å². The molecule has 0 aliphatic heterocycles. The zero-order valence-corrected chi connectivity index (χ0v) is 9.87. The lowest BCUT2D eigenvalue weighted by molar-refractivity contribution is -0.138. The topological polar surface area (TPSA) is 101 Å². The van der Waals surface area contributed by atoms with Crippen molar-refractivity contribution in [3.05, 3.63) is 29.8 Å². The summed E-state index contributed by atoms with van der Waals surface area (Å²) in [5.41, 5.74) is 6.02. The van der Waals surface area contributed by atoms with Gasteiger partial charge in [0.1, 0.15) is 6.04 Å². The molecule has 0 bridgehead atoms. The summed E-state index contributed by atoms with van der Waals surface area (Å²) in [6, 6.07) is 5.22. The quantitative estimate of drug-likeness (QED) is 0.557. The molecule has 0 aromatic heterocycles. The molecule has 18 heavy (non-hydrogen) atoms. The van der Waals surface area contributed by atoms with E-state index in [1.807, 2.05) is 0 Å². The molecule has 0 fully saturated rings. The van der Waals surface area contributed by atoms with Crippen molar-refractivity contribution in [2.24, 2.45) is 5.73 Å². The number of ketones is 1. The first-order valence-electron chi connectivity index (χ1n) is 5.26. The van der Waals surface area contributed by atoms with Crippen molar-refractivity contribution in [1.29, 1.82) is 0 Å². The van der Waals surface area contributed by atoms with Crippen LogP contribution in [0.25, 0.3) is 0 Å². The molecule has 0 aliphatic carbocycles. The minimum Gasteiger partial charge on any atom is -0.480 e. The summed E-state index contributed by atoms with van der Waals surface area (Å²) in [5.74, 6) is -1.64. The molecule has 96 valence electrons. The molecule has 0 heterocycles. The smallest absolute Gasteiger partial charge is 0.320 e. The maximum absolute atomic E-state index is 11.9. The average Bonchev–Trinajstić information content (AvgIpc) is 2.37. The van der Waals surface area contributed by atoms with Gasteiger partial charge in [0.05, 0.1) is 5.69 Å². The Morgan fingerprint density at radius 3 is 2.61 bits per heavy atom. The summed E-state index contributed by atoms with van der Waals surface area (Å²) in [6.45, 7) is 0. The van der Waals surface area contributed by atoms with E-state index in [-0.39, 0.29) is 12.0 Å². The number of carbonyl (C=O) groups is 3. The highest BCUT2D eigenvalue weighted by molar-refractivity contribution is 6.04. The lowest BCUT2D eigenvalue weighted by Gasteiger charge is -2.15. The molecule has 6 heteroatoms. The van der Waals surface area contributed by atoms with Gasteiger partial charge >= 0.3 is 5.97 Å². The van der Waals surface area contributed by atoms with Crippen LogP contribution in [0.2, 0.25) is 0 Å². The Morgan fingerprint density at radius 1 is 1.44 bits per heavy atom. The molecule has 6 nitrogen and oxygen atoms in total. The monoisotopic (exact) mass is 250 g/mol. The van der Waals surface area contributed by atoms with E-state index in [0.29, 0.717) is 12.1 Å². The van der Waals surface area contributed by atoms with E-state index < -0.39 is 17.8 Å². The largest absolute Gasteiger partial charge is 0.480 e. The van der Waals surface area contributed by atoms with Gasteiger partial charge in [-0.15, -0.1) is 0 Å². The van der Waals surface area contributed by atoms with E-state index in [4.69, 9.17) is 10.8 Å². The van der Waals surface area contributed by atoms with Crippen LogP contribution in [0.4, 0.5) is 5.69 Å². The number of carbonyl (C=O) groups excluding carboxylic acids is 2. The summed E-state index contributed by atoms with van der Waals surface area (Å²) >= 11 is 0. The molecule has 0 unspecified atom stereocenters. The molecule has 1 atom stereocenters. The molecule has 1 rings (SSSR count). The average molecular weight is 250 g/mol. The van der Waals surface area contributed by atoms with Crippen LogP contribution in [0.15, 0.2) is 24.3 Å². The summed E-state index contributed by atoms with van der Waals surface area (Å²) in [5, 5.41) is 8.66. The highest BCUT2D eigenvalue weighted by atomic mass is 16.4. The Bertz CT molecular complexity index is 473. The van der Waals surface area contributed by atoms with E-state index in [1.165, 1.54) is 18.0 Å². The molecule has 0 saturated heterocycles. The molecule has 3 N–H and O–H groups in total. The number of carboxylic acids is 1. The number of hydrogen-bond donors (Lipinski definition) is 2. The van der Waals surface area contributed by atoms with Crippen LogP contribution in [0, 0.1) is 0 Å².